The fourth-order valence-electron chi connectivity index (χ4n) is 1.24. The first-order chi connectivity index (χ1) is 6.89. The Morgan fingerprint density at radius 1 is 1.33 bits per heavy atom. The first-order valence-corrected chi connectivity index (χ1v) is 6.05. The van der Waals surface area contributed by atoms with Crippen LogP contribution in [0.2, 0.25) is 0 Å². The standard InChI is InChI=1S/C10H16N2O2S/c1-8-4-5-10(6-9(8)7-11)15(13,14)12(2)3/h4-6H,7,11H2,1-3H3. The monoisotopic (exact) mass is 228 g/mol. The number of hydrogen-bond acceptors (Lipinski definition) is 3. The number of nitrogens with two attached hydrogens (primary N) is 1. The highest BCUT2D eigenvalue weighted by Crippen LogP contribution is 2.17. The zero-order valence-corrected chi connectivity index (χ0v) is 10.0. The second-order valence-corrected chi connectivity index (χ2v) is 5.73. The van der Waals surface area contributed by atoms with Gasteiger partial charge in [-0.2, -0.15) is 0 Å². The van der Waals surface area contributed by atoms with Crippen LogP contribution < -0.4 is 5.73 Å². The van der Waals surface area contributed by atoms with Crippen molar-refractivity contribution in [3.63, 3.8) is 0 Å². The average molecular weight is 228 g/mol. The molecule has 0 saturated carbocycles. The van der Waals surface area contributed by atoms with Crippen LogP contribution in [-0.2, 0) is 16.6 Å². The molecule has 15 heavy (non-hydrogen) atoms. The summed E-state index contributed by atoms with van der Waals surface area (Å²) >= 11 is 0. The van der Waals surface area contributed by atoms with Gasteiger partial charge in [-0.1, -0.05) is 6.07 Å². The quantitative estimate of drug-likeness (QED) is 0.828. The van der Waals surface area contributed by atoms with E-state index in [0.29, 0.717) is 11.4 Å². The van der Waals surface area contributed by atoms with Crippen molar-refractivity contribution in [2.24, 2.45) is 5.73 Å². The third kappa shape index (κ3) is 2.37. The lowest BCUT2D eigenvalue weighted by Crippen LogP contribution is -2.22. The smallest absolute Gasteiger partial charge is 0.242 e. The van der Waals surface area contributed by atoms with Crippen molar-refractivity contribution in [2.75, 3.05) is 14.1 Å². The van der Waals surface area contributed by atoms with Crippen LogP contribution in [0, 0.1) is 6.92 Å². The summed E-state index contributed by atoms with van der Waals surface area (Å²) in [7, 11) is -0.326. The SMILES string of the molecule is Cc1ccc(S(=O)(=O)N(C)C)cc1CN. The minimum absolute atomic E-state index is 0.290. The molecule has 0 unspecified atom stereocenters. The molecule has 5 heteroatoms. The van der Waals surface area contributed by atoms with E-state index in [2.05, 4.69) is 0 Å². The molecular weight excluding hydrogens is 212 g/mol. The Bertz CT molecular complexity index is 452. The van der Waals surface area contributed by atoms with Gasteiger partial charge in [0, 0.05) is 20.6 Å². The number of sulfonamides is 1. The average Bonchev–Trinajstić information content (AvgIpc) is 2.18. The lowest BCUT2D eigenvalue weighted by molar-refractivity contribution is 0.520. The first kappa shape index (κ1) is 12.2. The Kier molecular flexibility index (Phi) is 3.49. The molecule has 0 aromatic heterocycles. The van der Waals surface area contributed by atoms with Crippen molar-refractivity contribution in [3.05, 3.63) is 29.3 Å². The van der Waals surface area contributed by atoms with Gasteiger partial charge in [0.1, 0.15) is 0 Å². The second-order valence-electron chi connectivity index (χ2n) is 3.58. The van der Waals surface area contributed by atoms with Crippen LogP contribution in [0.4, 0.5) is 0 Å². The van der Waals surface area contributed by atoms with Gasteiger partial charge in [-0.3, -0.25) is 0 Å². The van der Waals surface area contributed by atoms with Gasteiger partial charge in [-0.15, -0.1) is 0 Å². The van der Waals surface area contributed by atoms with E-state index >= 15 is 0 Å². The molecule has 0 radical (unpaired) electrons. The molecule has 1 aromatic carbocycles. The molecule has 0 aliphatic carbocycles. The summed E-state index contributed by atoms with van der Waals surface area (Å²) in [6.45, 7) is 2.26. The molecule has 0 aliphatic rings. The second kappa shape index (κ2) is 4.30. The van der Waals surface area contributed by atoms with Crippen molar-refractivity contribution in [3.8, 4) is 0 Å². The highest BCUT2D eigenvalue weighted by atomic mass is 32.2. The molecule has 0 spiro atoms. The van der Waals surface area contributed by atoms with Crippen LogP contribution >= 0.6 is 0 Å². The minimum atomic E-state index is -3.35. The Morgan fingerprint density at radius 2 is 1.93 bits per heavy atom. The van der Waals surface area contributed by atoms with Crippen LogP contribution in [0.25, 0.3) is 0 Å². The summed E-state index contributed by atoms with van der Waals surface area (Å²) in [4.78, 5) is 0.290. The maximum absolute atomic E-state index is 11.8. The predicted octanol–water partition coefficient (Wildman–Crippen LogP) is 0.704. The van der Waals surface area contributed by atoms with Crippen molar-refractivity contribution in [2.45, 2.75) is 18.4 Å². The summed E-state index contributed by atoms with van der Waals surface area (Å²) in [5, 5.41) is 0. The molecule has 2 N–H and O–H groups in total. The summed E-state index contributed by atoms with van der Waals surface area (Å²) in [6.07, 6.45) is 0. The lowest BCUT2D eigenvalue weighted by atomic mass is 10.1. The van der Waals surface area contributed by atoms with Gasteiger partial charge in [0.25, 0.3) is 0 Å². The number of nitrogens with zero attached hydrogens (tertiary/aromatic N) is 1. The molecule has 0 saturated heterocycles. The van der Waals surface area contributed by atoms with E-state index in [1.54, 1.807) is 18.2 Å². The van der Waals surface area contributed by atoms with Crippen molar-refractivity contribution in [1.29, 1.82) is 0 Å². The van der Waals surface area contributed by atoms with Gasteiger partial charge in [0.05, 0.1) is 4.90 Å². The van der Waals surface area contributed by atoms with Crippen molar-refractivity contribution in [1.82, 2.24) is 4.31 Å². The summed E-state index contributed by atoms with van der Waals surface area (Å²) in [5.41, 5.74) is 7.40. The van der Waals surface area contributed by atoms with E-state index in [4.69, 9.17) is 5.73 Å². The maximum Gasteiger partial charge on any atom is 0.242 e. The predicted molar refractivity (Wildman–Crippen MR) is 59.9 cm³/mol. The summed E-state index contributed by atoms with van der Waals surface area (Å²) < 4.78 is 24.8. The lowest BCUT2D eigenvalue weighted by Gasteiger charge is -2.13. The zero-order chi connectivity index (χ0) is 11.6. The number of benzene rings is 1. The fourth-order valence-corrected chi connectivity index (χ4v) is 2.19. The molecule has 0 aliphatic heterocycles. The van der Waals surface area contributed by atoms with E-state index in [-0.39, 0.29) is 0 Å². The largest absolute Gasteiger partial charge is 0.326 e. The fraction of sp³-hybridized carbons (Fsp3) is 0.400. The Balaban J connectivity index is 3.29. The number of hydrogen-bond donors (Lipinski definition) is 1. The third-order valence-corrected chi connectivity index (χ3v) is 4.13. The van der Waals surface area contributed by atoms with Crippen LogP contribution in [0.1, 0.15) is 11.1 Å². The van der Waals surface area contributed by atoms with E-state index in [1.165, 1.54) is 18.4 Å². The number of rotatable bonds is 3. The van der Waals surface area contributed by atoms with Crippen LogP contribution in [0.15, 0.2) is 23.1 Å². The van der Waals surface area contributed by atoms with Gasteiger partial charge in [-0.25, -0.2) is 12.7 Å². The van der Waals surface area contributed by atoms with Crippen molar-refractivity contribution >= 4 is 10.0 Å². The van der Waals surface area contributed by atoms with Gasteiger partial charge in [-0.05, 0) is 30.2 Å². The molecular formula is C10H16N2O2S. The van der Waals surface area contributed by atoms with Crippen molar-refractivity contribution < 1.29 is 8.42 Å². The van der Waals surface area contributed by atoms with Gasteiger partial charge >= 0.3 is 0 Å². The summed E-state index contributed by atoms with van der Waals surface area (Å²) in [6, 6.07) is 5.01. The van der Waals surface area contributed by atoms with Crippen LogP contribution in [0.3, 0.4) is 0 Å². The summed E-state index contributed by atoms with van der Waals surface area (Å²) in [5.74, 6) is 0. The van der Waals surface area contributed by atoms with Gasteiger partial charge in [0.15, 0.2) is 0 Å². The molecule has 0 fully saturated rings. The maximum atomic E-state index is 11.8. The Labute approximate surface area is 90.8 Å². The Hall–Kier alpha value is -0.910. The normalized spacial score (nSPS) is 12.1. The molecule has 84 valence electrons. The third-order valence-electron chi connectivity index (χ3n) is 2.32. The topological polar surface area (TPSA) is 63.4 Å². The number of aryl methyl sites for hydroxylation is 1. The highest BCUT2D eigenvalue weighted by molar-refractivity contribution is 7.89. The molecule has 0 heterocycles. The molecule has 0 amide bonds. The van der Waals surface area contributed by atoms with Gasteiger partial charge < -0.3 is 5.73 Å². The Morgan fingerprint density at radius 3 is 2.40 bits per heavy atom. The molecule has 1 aromatic rings. The minimum Gasteiger partial charge on any atom is -0.326 e. The van der Waals surface area contributed by atoms with E-state index in [0.717, 1.165) is 11.1 Å². The molecule has 4 nitrogen and oxygen atoms in total. The first-order valence-electron chi connectivity index (χ1n) is 4.61. The molecule has 0 bridgehead atoms. The van der Waals surface area contributed by atoms with Gasteiger partial charge in [0.2, 0.25) is 10.0 Å². The molecule has 1 rings (SSSR count). The zero-order valence-electron chi connectivity index (χ0n) is 9.19. The highest BCUT2D eigenvalue weighted by Gasteiger charge is 2.17. The van der Waals surface area contributed by atoms with Crippen LogP contribution in [0.5, 0.6) is 0 Å². The van der Waals surface area contributed by atoms with Crippen LogP contribution in [-0.4, -0.2) is 26.8 Å². The molecule has 0 atom stereocenters. The van der Waals surface area contributed by atoms with E-state index < -0.39 is 10.0 Å². The van der Waals surface area contributed by atoms with E-state index in [1.807, 2.05) is 6.92 Å². The van der Waals surface area contributed by atoms with E-state index in [9.17, 15) is 8.42 Å².